The lowest BCUT2D eigenvalue weighted by Crippen LogP contribution is -2.14. The highest BCUT2D eigenvalue weighted by Gasteiger charge is 2.10. The summed E-state index contributed by atoms with van der Waals surface area (Å²) < 4.78 is 5.32. The van der Waals surface area contributed by atoms with Crippen LogP contribution in [0.25, 0.3) is 0 Å². The number of carboxylic acids is 1. The fourth-order valence-electron chi connectivity index (χ4n) is 1.74. The van der Waals surface area contributed by atoms with Crippen LogP contribution in [0.4, 0.5) is 5.82 Å². The molecule has 0 fully saturated rings. The van der Waals surface area contributed by atoms with E-state index in [-0.39, 0.29) is 23.8 Å². The number of hydrogen-bond acceptors (Lipinski definition) is 4. The number of carboxylic acid groups (broad SMARTS) is 1. The lowest BCUT2D eigenvalue weighted by atomic mass is 10.1. The van der Waals surface area contributed by atoms with E-state index in [1.54, 1.807) is 24.3 Å². The lowest BCUT2D eigenvalue weighted by Gasteiger charge is -2.05. The van der Waals surface area contributed by atoms with Gasteiger partial charge in [0.15, 0.2) is 5.82 Å². The quantitative estimate of drug-likeness (QED) is 0.750. The number of H-pyrrole nitrogens is 1. The van der Waals surface area contributed by atoms with Crippen LogP contribution in [0, 0.1) is 0 Å². The van der Waals surface area contributed by atoms with Crippen molar-refractivity contribution in [1.82, 2.24) is 10.2 Å². The topological polar surface area (TPSA) is 104 Å². The first-order chi connectivity index (χ1) is 10.1. The number of aromatic amines is 1. The molecule has 0 unspecified atom stereocenters. The number of aromatic nitrogens is 2. The van der Waals surface area contributed by atoms with E-state index in [0.29, 0.717) is 6.61 Å². The van der Waals surface area contributed by atoms with Crippen molar-refractivity contribution in [3.05, 3.63) is 41.6 Å². The molecule has 1 heterocycles. The number of carbonyl (C=O) groups excluding carboxylic acids is 1. The van der Waals surface area contributed by atoms with Crippen molar-refractivity contribution >= 4 is 17.7 Å². The summed E-state index contributed by atoms with van der Waals surface area (Å²) in [6.45, 7) is 2.49. The third kappa shape index (κ3) is 4.07. The second-order valence-corrected chi connectivity index (χ2v) is 4.27. The SMILES string of the molecule is CCOc1ccc(CC(=O)Nc2cc(C(=O)O)[nH]n2)cc1. The van der Waals surface area contributed by atoms with E-state index in [1.165, 1.54) is 6.07 Å². The molecule has 0 bridgehead atoms. The maximum atomic E-state index is 11.8. The Morgan fingerprint density at radius 2 is 2.05 bits per heavy atom. The van der Waals surface area contributed by atoms with E-state index in [2.05, 4.69) is 15.5 Å². The van der Waals surface area contributed by atoms with Crippen LogP contribution in [0.5, 0.6) is 5.75 Å². The van der Waals surface area contributed by atoms with E-state index in [1.807, 2.05) is 6.92 Å². The molecule has 0 saturated heterocycles. The number of carbonyl (C=O) groups is 2. The van der Waals surface area contributed by atoms with Crippen LogP contribution in [-0.4, -0.2) is 33.8 Å². The van der Waals surface area contributed by atoms with Gasteiger partial charge in [-0.05, 0) is 24.6 Å². The standard InChI is InChI=1S/C14H15N3O4/c1-2-21-10-5-3-9(4-6-10)7-13(18)15-12-8-11(14(19)20)16-17-12/h3-6,8H,2,7H2,1H3,(H,19,20)(H2,15,16,17,18). The summed E-state index contributed by atoms with van der Waals surface area (Å²) in [6, 6.07) is 8.46. The van der Waals surface area contributed by atoms with Crippen molar-refractivity contribution in [3.8, 4) is 5.75 Å². The van der Waals surface area contributed by atoms with Gasteiger partial charge < -0.3 is 15.2 Å². The van der Waals surface area contributed by atoms with Crippen molar-refractivity contribution in [1.29, 1.82) is 0 Å². The molecule has 7 heteroatoms. The monoisotopic (exact) mass is 289 g/mol. The van der Waals surface area contributed by atoms with Crippen molar-refractivity contribution in [2.24, 2.45) is 0 Å². The fourth-order valence-corrected chi connectivity index (χ4v) is 1.74. The third-order valence-corrected chi connectivity index (χ3v) is 2.67. The van der Waals surface area contributed by atoms with Crippen LogP contribution in [0.1, 0.15) is 23.0 Å². The van der Waals surface area contributed by atoms with Crippen LogP contribution in [-0.2, 0) is 11.2 Å². The van der Waals surface area contributed by atoms with Gasteiger partial charge in [0.2, 0.25) is 5.91 Å². The van der Waals surface area contributed by atoms with Crippen LogP contribution in [0.15, 0.2) is 30.3 Å². The normalized spacial score (nSPS) is 10.1. The van der Waals surface area contributed by atoms with Crippen molar-refractivity contribution in [2.45, 2.75) is 13.3 Å². The minimum atomic E-state index is -1.13. The first kappa shape index (κ1) is 14.6. The maximum absolute atomic E-state index is 11.8. The Morgan fingerprint density at radius 1 is 1.33 bits per heavy atom. The van der Waals surface area contributed by atoms with E-state index >= 15 is 0 Å². The number of nitrogens with zero attached hydrogens (tertiary/aromatic N) is 1. The molecule has 21 heavy (non-hydrogen) atoms. The molecule has 1 amide bonds. The smallest absolute Gasteiger partial charge is 0.353 e. The molecule has 7 nitrogen and oxygen atoms in total. The summed E-state index contributed by atoms with van der Waals surface area (Å²) in [6.07, 6.45) is 0.168. The number of nitrogens with one attached hydrogen (secondary N) is 2. The Morgan fingerprint density at radius 3 is 2.62 bits per heavy atom. The molecule has 110 valence electrons. The average molecular weight is 289 g/mol. The first-order valence-corrected chi connectivity index (χ1v) is 6.38. The summed E-state index contributed by atoms with van der Waals surface area (Å²) >= 11 is 0. The van der Waals surface area contributed by atoms with Crippen molar-refractivity contribution in [2.75, 3.05) is 11.9 Å². The van der Waals surface area contributed by atoms with Crippen LogP contribution >= 0.6 is 0 Å². The molecule has 0 atom stereocenters. The Balaban J connectivity index is 1.92. The molecule has 0 saturated carbocycles. The van der Waals surface area contributed by atoms with E-state index < -0.39 is 5.97 Å². The molecule has 2 aromatic rings. The van der Waals surface area contributed by atoms with E-state index in [4.69, 9.17) is 9.84 Å². The Labute approximate surface area is 120 Å². The first-order valence-electron chi connectivity index (χ1n) is 6.38. The number of anilines is 1. The molecule has 0 radical (unpaired) electrons. The Bertz CT molecular complexity index is 634. The zero-order valence-electron chi connectivity index (χ0n) is 11.4. The minimum absolute atomic E-state index is 0.0774. The van der Waals surface area contributed by atoms with Gasteiger partial charge in [0.1, 0.15) is 11.4 Å². The molecule has 0 spiro atoms. The Hall–Kier alpha value is -2.83. The van der Waals surface area contributed by atoms with Gasteiger partial charge >= 0.3 is 5.97 Å². The highest BCUT2D eigenvalue weighted by molar-refractivity contribution is 5.93. The molecular formula is C14H15N3O4. The number of aromatic carboxylic acids is 1. The Kier molecular flexibility index (Phi) is 4.55. The molecule has 3 N–H and O–H groups in total. The van der Waals surface area contributed by atoms with Crippen LogP contribution in [0.3, 0.4) is 0 Å². The van der Waals surface area contributed by atoms with E-state index in [9.17, 15) is 9.59 Å². The number of ether oxygens (including phenoxy) is 1. The molecule has 0 aliphatic heterocycles. The maximum Gasteiger partial charge on any atom is 0.353 e. The summed E-state index contributed by atoms with van der Waals surface area (Å²) in [5.41, 5.74) is 0.747. The number of hydrogen-bond donors (Lipinski definition) is 3. The van der Waals surface area contributed by atoms with Crippen LogP contribution in [0.2, 0.25) is 0 Å². The van der Waals surface area contributed by atoms with E-state index in [0.717, 1.165) is 11.3 Å². The van der Waals surface area contributed by atoms with Gasteiger partial charge in [-0.25, -0.2) is 4.79 Å². The molecule has 1 aromatic heterocycles. The van der Waals surface area contributed by atoms with Crippen molar-refractivity contribution < 1.29 is 19.4 Å². The van der Waals surface area contributed by atoms with Gasteiger partial charge in [0.25, 0.3) is 0 Å². The lowest BCUT2D eigenvalue weighted by molar-refractivity contribution is -0.115. The van der Waals surface area contributed by atoms with Gasteiger partial charge in [-0.1, -0.05) is 12.1 Å². The molecule has 1 aromatic carbocycles. The summed E-state index contributed by atoms with van der Waals surface area (Å²) in [7, 11) is 0. The highest BCUT2D eigenvalue weighted by Crippen LogP contribution is 2.13. The highest BCUT2D eigenvalue weighted by atomic mass is 16.5. The summed E-state index contributed by atoms with van der Waals surface area (Å²) in [5, 5.41) is 17.3. The number of benzene rings is 1. The summed E-state index contributed by atoms with van der Waals surface area (Å²) in [5.74, 6) is -0.472. The predicted octanol–water partition coefficient (Wildman–Crippen LogP) is 1.69. The van der Waals surface area contributed by atoms with Gasteiger partial charge in [-0.2, -0.15) is 5.10 Å². The van der Waals surface area contributed by atoms with Crippen molar-refractivity contribution in [3.63, 3.8) is 0 Å². The zero-order chi connectivity index (χ0) is 15.2. The average Bonchev–Trinajstić information content (AvgIpc) is 2.90. The number of amides is 1. The number of rotatable bonds is 6. The third-order valence-electron chi connectivity index (χ3n) is 2.67. The van der Waals surface area contributed by atoms with Gasteiger partial charge in [-0.3, -0.25) is 9.89 Å². The molecular weight excluding hydrogens is 274 g/mol. The van der Waals surface area contributed by atoms with Crippen LogP contribution < -0.4 is 10.1 Å². The van der Waals surface area contributed by atoms with Gasteiger partial charge in [-0.15, -0.1) is 0 Å². The molecule has 0 aliphatic carbocycles. The second-order valence-electron chi connectivity index (χ2n) is 4.27. The molecule has 2 rings (SSSR count). The van der Waals surface area contributed by atoms with Gasteiger partial charge in [0, 0.05) is 6.07 Å². The second kappa shape index (κ2) is 6.56. The largest absolute Gasteiger partial charge is 0.494 e. The molecule has 0 aliphatic rings. The minimum Gasteiger partial charge on any atom is -0.494 e. The summed E-state index contributed by atoms with van der Waals surface area (Å²) in [4.78, 5) is 22.5. The predicted molar refractivity (Wildman–Crippen MR) is 75.5 cm³/mol. The van der Waals surface area contributed by atoms with Gasteiger partial charge in [0.05, 0.1) is 13.0 Å². The fraction of sp³-hybridized carbons (Fsp3) is 0.214. The zero-order valence-corrected chi connectivity index (χ0v) is 11.4.